The average molecular weight is 186 g/mol. The van der Waals surface area contributed by atoms with Crippen LogP contribution in [0.25, 0.3) is 0 Å². The molecule has 4 atom stereocenters. The normalized spacial score (nSPS) is 47.6. The molecule has 2 aliphatic heterocycles. The van der Waals surface area contributed by atoms with Gasteiger partial charge < -0.3 is 19.0 Å². The van der Waals surface area contributed by atoms with Crippen molar-refractivity contribution in [1.82, 2.24) is 0 Å². The molecule has 0 saturated carbocycles. The lowest BCUT2D eigenvalue weighted by Gasteiger charge is -2.21. The highest BCUT2D eigenvalue weighted by molar-refractivity contribution is 5.57. The number of carbonyl (C=O) groups excluding carboxylic acids is 1. The fourth-order valence-corrected chi connectivity index (χ4v) is 1.84. The largest absolute Gasteiger partial charge is 0.341 e. The zero-order valence-electron chi connectivity index (χ0n) is 8.02. The molecule has 0 aliphatic carbocycles. The fourth-order valence-electron chi connectivity index (χ4n) is 1.84. The van der Waals surface area contributed by atoms with Crippen LogP contribution in [0.2, 0.25) is 0 Å². The van der Waals surface area contributed by atoms with Gasteiger partial charge in [-0.15, -0.1) is 0 Å². The Bertz CT molecular complexity index is 226. The second-order valence-corrected chi connectivity index (χ2v) is 4.06. The Morgan fingerprint density at radius 2 is 2.00 bits per heavy atom. The summed E-state index contributed by atoms with van der Waals surface area (Å²) in [6.07, 6.45) is -0.0561. The standard InChI is InChI=1S/C9H14O4/c1-5-6(4-10)11-8-7(5)12-9(2,3)13-8/h4-8H,1-3H3/t5-,6-,7+,8+/m0/s1. The van der Waals surface area contributed by atoms with Crippen LogP contribution < -0.4 is 0 Å². The van der Waals surface area contributed by atoms with Crippen LogP contribution in [0.5, 0.6) is 0 Å². The lowest BCUT2D eigenvalue weighted by atomic mass is 10.0. The van der Waals surface area contributed by atoms with Crippen molar-refractivity contribution in [2.45, 2.75) is 45.1 Å². The Kier molecular flexibility index (Phi) is 1.94. The van der Waals surface area contributed by atoms with E-state index in [1.807, 2.05) is 20.8 Å². The van der Waals surface area contributed by atoms with Crippen molar-refractivity contribution in [2.24, 2.45) is 5.92 Å². The van der Waals surface area contributed by atoms with Crippen LogP contribution in [-0.2, 0) is 19.0 Å². The maximum absolute atomic E-state index is 10.6. The van der Waals surface area contributed by atoms with E-state index in [-0.39, 0.29) is 24.4 Å². The van der Waals surface area contributed by atoms with Crippen molar-refractivity contribution in [1.29, 1.82) is 0 Å². The summed E-state index contributed by atoms with van der Waals surface area (Å²) in [5.74, 6) is -0.512. The molecule has 0 bridgehead atoms. The van der Waals surface area contributed by atoms with Gasteiger partial charge in [0.15, 0.2) is 12.1 Å². The molecule has 0 aromatic carbocycles. The molecule has 0 amide bonds. The Balaban J connectivity index is 2.11. The first-order valence-corrected chi connectivity index (χ1v) is 4.50. The van der Waals surface area contributed by atoms with Crippen molar-refractivity contribution in [3.05, 3.63) is 0 Å². The Hall–Kier alpha value is -0.450. The molecular formula is C9H14O4. The number of aldehydes is 1. The quantitative estimate of drug-likeness (QED) is 0.565. The Morgan fingerprint density at radius 3 is 2.54 bits per heavy atom. The fraction of sp³-hybridized carbons (Fsp3) is 0.889. The first kappa shape index (κ1) is 9.12. The van der Waals surface area contributed by atoms with Crippen LogP contribution in [-0.4, -0.2) is 30.6 Å². The Labute approximate surface area is 77.1 Å². The van der Waals surface area contributed by atoms with Crippen LogP contribution in [0, 0.1) is 5.92 Å². The van der Waals surface area contributed by atoms with E-state index in [1.54, 1.807) is 0 Å². The molecule has 4 heteroatoms. The molecule has 0 aromatic heterocycles. The van der Waals surface area contributed by atoms with E-state index < -0.39 is 5.79 Å². The molecule has 0 aromatic rings. The van der Waals surface area contributed by atoms with E-state index in [4.69, 9.17) is 14.2 Å². The van der Waals surface area contributed by atoms with Gasteiger partial charge in [0.2, 0.25) is 0 Å². The molecule has 0 radical (unpaired) electrons. The van der Waals surface area contributed by atoms with Crippen molar-refractivity contribution in [2.75, 3.05) is 0 Å². The number of hydrogen-bond acceptors (Lipinski definition) is 4. The van der Waals surface area contributed by atoms with Crippen molar-refractivity contribution in [3.63, 3.8) is 0 Å². The summed E-state index contributed by atoms with van der Waals surface area (Å²) in [4.78, 5) is 10.6. The highest BCUT2D eigenvalue weighted by atomic mass is 16.8. The molecule has 2 fully saturated rings. The molecule has 0 unspecified atom stereocenters. The summed E-state index contributed by atoms with van der Waals surface area (Å²) in [5.41, 5.74) is 0. The predicted molar refractivity (Wildman–Crippen MR) is 43.9 cm³/mol. The third-order valence-corrected chi connectivity index (χ3v) is 2.55. The summed E-state index contributed by atoms with van der Waals surface area (Å²) in [5, 5.41) is 0. The summed E-state index contributed by atoms with van der Waals surface area (Å²) >= 11 is 0. The molecule has 0 N–H and O–H groups in total. The SMILES string of the molecule is C[C@@H]1[C@H]2OC(C)(C)O[C@H]2O[C@H]1C=O. The minimum Gasteiger partial charge on any atom is -0.341 e. The average Bonchev–Trinajstić information content (AvgIpc) is 2.47. The predicted octanol–water partition coefficient (Wildman–Crippen LogP) is 0.698. The van der Waals surface area contributed by atoms with Crippen LogP contribution in [0.1, 0.15) is 20.8 Å². The van der Waals surface area contributed by atoms with Gasteiger partial charge in [0.25, 0.3) is 0 Å². The molecule has 74 valence electrons. The molecule has 2 saturated heterocycles. The van der Waals surface area contributed by atoms with Crippen LogP contribution in [0.15, 0.2) is 0 Å². The zero-order chi connectivity index (χ0) is 9.64. The van der Waals surface area contributed by atoms with Crippen LogP contribution >= 0.6 is 0 Å². The van der Waals surface area contributed by atoms with E-state index in [2.05, 4.69) is 0 Å². The van der Waals surface area contributed by atoms with Gasteiger partial charge in [0.05, 0.1) is 0 Å². The molecule has 2 rings (SSSR count). The Morgan fingerprint density at radius 1 is 1.31 bits per heavy atom. The molecule has 0 spiro atoms. The maximum Gasteiger partial charge on any atom is 0.188 e. The van der Waals surface area contributed by atoms with Gasteiger partial charge in [-0.25, -0.2) is 0 Å². The lowest BCUT2D eigenvalue weighted by Crippen LogP contribution is -2.29. The van der Waals surface area contributed by atoms with Crippen LogP contribution in [0.4, 0.5) is 0 Å². The van der Waals surface area contributed by atoms with Gasteiger partial charge in [-0.2, -0.15) is 0 Å². The monoisotopic (exact) mass is 186 g/mol. The van der Waals surface area contributed by atoms with E-state index in [9.17, 15) is 4.79 Å². The summed E-state index contributed by atoms with van der Waals surface area (Å²) < 4.78 is 16.4. The van der Waals surface area contributed by atoms with Gasteiger partial charge in [0.1, 0.15) is 18.5 Å². The number of carbonyl (C=O) groups is 1. The summed E-state index contributed by atoms with van der Waals surface area (Å²) in [7, 11) is 0. The molecule has 2 heterocycles. The summed E-state index contributed by atoms with van der Waals surface area (Å²) in [6, 6.07) is 0. The zero-order valence-corrected chi connectivity index (χ0v) is 8.02. The smallest absolute Gasteiger partial charge is 0.188 e. The van der Waals surface area contributed by atoms with Gasteiger partial charge in [-0.3, -0.25) is 0 Å². The minimum absolute atomic E-state index is 0.0734. The summed E-state index contributed by atoms with van der Waals surface area (Å²) in [6.45, 7) is 5.63. The second-order valence-electron chi connectivity index (χ2n) is 4.06. The van der Waals surface area contributed by atoms with Gasteiger partial charge in [-0.05, 0) is 13.8 Å². The second kappa shape index (κ2) is 2.77. The molecule has 4 nitrogen and oxygen atoms in total. The van der Waals surface area contributed by atoms with Gasteiger partial charge >= 0.3 is 0 Å². The van der Waals surface area contributed by atoms with Gasteiger partial charge in [0, 0.05) is 5.92 Å². The molecule has 13 heavy (non-hydrogen) atoms. The van der Waals surface area contributed by atoms with E-state index >= 15 is 0 Å². The third-order valence-electron chi connectivity index (χ3n) is 2.55. The van der Waals surface area contributed by atoms with E-state index in [0.29, 0.717) is 0 Å². The highest BCUT2D eigenvalue weighted by Crippen LogP contribution is 2.39. The van der Waals surface area contributed by atoms with E-state index in [0.717, 1.165) is 6.29 Å². The number of ether oxygens (including phenoxy) is 3. The third kappa shape index (κ3) is 1.39. The minimum atomic E-state index is -0.586. The van der Waals surface area contributed by atoms with Crippen LogP contribution in [0.3, 0.4) is 0 Å². The topological polar surface area (TPSA) is 44.8 Å². The highest BCUT2D eigenvalue weighted by Gasteiger charge is 2.52. The molecule has 2 aliphatic rings. The van der Waals surface area contributed by atoms with Crippen molar-refractivity contribution < 1.29 is 19.0 Å². The van der Waals surface area contributed by atoms with E-state index in [1.165, 1.54) is 0 Å². The van der Waals surface area contributed by atoms with Crippen molar-refractivity contribution in [3.8, 4) is 0 Å². The number of hydrogen-bond donors (Lipinski definition) is 0. The van der Waals surface area contributed by atoms with Gasteiger partial charge in [-0.1, -0.05) is 6.92 Å². The van der Waals surface area contributed by atoms with Crippen molar-refractivity contribution >= 4 is 6.29 Å². The first-order valence-electron chi connectivity index (χ1n) is 4.50. The maximum atomic E-state index is 10.6. The molecular weight excluding hydrogens is 172 g/mol. The number of fused-ring (bicyclic) bond motifs is 1. The first-order chi connectivity index (χ1) is 6.03. The lowest BCUT2D eigenvalue weighted by molar-refractivity contribution is -0.207. The number of rotatable bonds is 1.